The third-order valence-corrected chi connectivity index (χ3v) is 3.06. The van der Waals surface area contributed by atoms with Gasteiger partial charge in [0.1, 0.15) is 0 Å². The maximum Gasteiger partial charge on any atom is 0.252 e. The minimum atomic E-state index is -0.107. The Bertz CT molecular complexity index is 448. The van der Waals surface area contributed by atoms with Crippen LogP contribution >= 0.6 is 34.2 Å². The van der Waals surface area contributed by atoms with E-state index >= 15 is 0 Å². The van der Waals surface area contributed by atoms with Crippen LogP contribution in [0.5, 0.6) is 0 Å². The van der Waals surface area contributed by atoms with E-state index in [1.807, 2.05) is 6.07 Å². The third kappa shape index (κ3) is 4.03. The van der Waals surface area contributed by atoms with Crippen LogP contribution in [-0.2, 0) is 0 Å². The van der Waals surface area contributed by atoms with Crippen LogP contribution in [-0.4, -0.2) is 12.5 Å². The fourth-order valence-corrected chi connectivity index (χ4v) is 1.88. The van der Waals surface area contributed by atoms with Crippen molar-refractivity contribution in [1.82, 2.24) is 5.32 Å². The fourth-order valence-electron chi connectivity index (χ4n) is 1.13. The Kier molecular flexibility index (Phi) is 5.64. The number of nitrogens with one attached hydrogen (secondary N) is 1. The number of benzene rings is 1. The van der Waals surface area contributed by atoms with Crippen LogP contribution < -0.4 is 5.32 Å². The van der Waals surface area contributed by atoms with E-state index in [4.69, 9.17) is 11.6 Å². The molecule has 1 amide bonds. The summed E-state index contributed by atoms with van der Waals surface area (Å²) in [6.07, 6.45) is 0.666. The van der Waals surface area contributed by atoms with Crippen LogP contribution in [0.25, 0.3) is 0 Å². The molecule has 84 valence electrons. The molecule has 2 nitrogen and oxygen atoms in total. The van der Waals surface area contributed by atoms with E-state index in [0.717, 1.165) is 3.57 Å². The van der Waals surface area contributed by atoms with Gasteiger partial charge in [0.05, 0.1) is 5.56 Å². The molecule has 0 bridgehead atoms. The monoisotopic (exact) mass is 347 g/mol. The number of rotatable bonds is 3. The first-order chi connectivity index (χ1) is 7.65. The Morgan fingerprint density at radius 1 is 1.56 bits per heavy atom. The number of halogens is 2. The van der Waals surface area contributed by atoms with Crippen molar-refractivity contribution >= 4 is 40.1 Å². The summed E-state index contributed by atoms with van der Waals surface area (Å²) in [6.45, 7) is 2.34. The summed E-state index contributed by atoms with van der Waals surface area (Å²) < 4.78 is 0.890. The lowest BCUT2D eigenvalue weighted by molar-refractivity contribution is 0.0953. The second kappa shape index (κ2) is 6.77. The van der Waals surface area contributed by atoms with E-state index in [-0.39, 0.29) is 5.91 Å². The third-order valence-electron chi connectivity index (χ3n) is 1.89. The minimum Gasteiger partial charge on any atom is -0.351 e. The summed E-state index contributed by atoms with van der Waals surface area (Å²) >= 11 is 7.95. The van der Waals surface area contributed by atoms with Crippen molar-refractivity contribution in [2.75, 3.05) is 6.54 Å². The number of hydrogen-bond donors (Lipinski definition) is 1. The summed E-state index contributed by atoms with van der Waals surface area (Å²) in [5.41, 5.74) is 0.609. The number of carbonyl (C=O) groups excluding carboxylic acids is 1. The van der Waals surface area contributed by atoms with E-state index in [1.165, 1.54) is 0 Å². The van der Waals surface area contributed by atoms with Gasteiger partial charge in [-0.2, -0.15) is 0 Å². The minimum absolute atomic E-state index is 0.107. The van der Waals surface area contributed by atoms with E-state index < -0.39 is 0 Å². The predicted molar refractivity (Wildman–Crippen MR) is 74.6 cm³/mol. The summed E-state index contributed by atoms with van der Waals surface area (Å²) in [5, 5.41) is 3.37. The molecule has 1 N–H and O–H groups in total. The van der Waals surface area contributed by atoms with Gasteiger partial charge in [-0.15, -0.1) is 11.8 Å². The molecule has 0 aliphatic rings. The van der Waals surface area contributed by atoms with E-state index in [2.05, 4.69) is 39.7 Å². The lowest BCUT2D eigenvalue weighted by Gasteiger charge is -2.05. The summed E-state index contributed by atoms with van der Waals surface area (Å²) in [5.74, 6) is 5.56. The highest BCUT2D eigenvalue weighted by Gasteiger charge is 2.09. The molecule has 0 saturated carbocycles. The smallest absolute Gasteiger partial charge is 0.252 e. The molecule has 1 aromatic rings. The summed E-state index contributed by atoms with van der Waals surface area (Å²) in [4.78, 5) is 11.8. The Labute approximate surface area is 114 Å². The largest absolute Gasteiger partial charge is 0.351 e. The molecule has 0 aliphatic heterocycles. The first kappa shape index (κ1) is 13.3. The Balaban J connectivity index is 2.64. The summed E-state index contributed by atoms with van der Waals surface area (Å²) in [6, 6.07) is 5.26. The first-order valence-corrected chi connectivity index (χ1v) is 6.23. The van der Waals surface area contributed by atoms with Gasteiger partial charge >= 0.3 is 0 Å². The second-order valence-electron chi connectivity index (χ2n) is 3.06. The Morgan fingerprint density at radius 3 is 3.00 bits per heavy atom. The fraction of sp³-hybridized carbons (Fsp3) is 0.250. The molecule has 0 unspecified atom stereocenters. The zero-order chi connectivity index (χ0) is 12.0. The van der Waals surface area contributed by atoms with Crippen molar-refractivity contribution < 1.29 is 4.79 Å². The van der Waals surface area contributed by atoms with E-state index in [9.17, 15) is 4.79 Å². The van der Waals surface area contributed by atoms with Crippen LogP contribution in [0.4, 0.5) is 0 Å². The topological polar surface area (TPSA) is 29.1 Å². The van der Waals surface area contributed by atoms with Gasteiger partial charge in [0.15, 0.2) is 0 Å². The van der Waals surface area contributed by atoms with Crippen molar-refractivity contribution in [3.8, 4) is 11.8 Å². The van der Waals surface area contributed by atoms with Crippen LogP contribution in [0.2, 0.25) is 5.02 Å². The molecule has 0 saturated heterocycles. The Morgan fingerprint density at radius 2 is 2.31 bits per heavy atom. The molecular weight excluding hydrogens is 336 g/mol. The second-order valence-corrected chi connectivity index (χ2v) is 4.66. The van der Waals surface area contributed by atoms with Gasteiger partial charge in [-0.05, 0) is 47.7 Å². The van der Waals surface area contributed by atoms with Gasteiger partial charge in [0.2, 0.25) is 0 Å². The molecule has 0 aromatic heterocycles. The Hall–Kier alpha value is -0.730. The zero-order valence-corrected chi connectivity index (χ0v) is 11.7. The molecular formula is C12H11ClINO. The number of carbonyl (C=O) groups is 1. The average Bonchev–Trinajstić information content (AvgIpc) is 2.27. The molecule has 0 fully saturated rings. The van der Waals surface area contributed by atoms with Crippen molar-refractivity contribution in [2.24, 2.45) is 0 Å². The lowest BCUT2D eigenvalue weighted by Crippen LogP contribution is -2.25. The van der Waals surface area contributed by atoms with Crippen LogP contribution in [0.3, 0.4) is 0 Å². The molecule has 0 radical (unpaired) electrons. The maximum absolute atomic E-state index is 11.8. The van der Waals surface area contributed by atoms with E-state index in [0.29, 0.717) is 23.6 Å². The number of hydrogen-bond acceptors (Lipinski definition) is 1. The van der Waals surface area contributed by atoms with Gasteiger partial charge in [0.25, 0.3) is 5.91 Å². The summed E-state index contributed by atoms with van der Waals surface area (Å²) in [7, 11) is 0. The maximum atomic E-state index is 11.8. The van der Waals surface area contributed by atoms with Gasteiger partial charge < -0.3 is 5.32 Å². The predicted octanol–water partition coefficient (Wildman–Crippen LogP) is 3.09. The van der Waals surface area contributed by atoms with Gasteiger partial charge in [-0.1, -0.05) is 11.6 Å². The van der Waals surface area contributed by atoms with E-state index in [1.54, 1.807) is 19.1 Å². The molecule has 16 heavy (non-hydrogen) atoms. The molecule has 0 atom stereocenters. The molecule has 1 aromatic carbocycles. The molecule has 4 heteroatoms. The van der Waals surface area contributed by atoms with Crippen LogP contribution in [0.15, 0.2) is 18.2 Å². The van der Waals surface area contributed by atoms with Gasteiger partial charge in [0, 0.05) is 21.6 Å². The SMILES string of the molecule is CC#CCCNC(=O)c1cc(Cl)ccc1I. The van der Waals surface area contributed by atoms with Crippen molar-refractivity contribution in [3.63, 3.8) is 0 Å². The average molecular weight is 348 g/mol. The quantitative estimate of drug-likeness (QED) is 0.508. The van der Waals surface area contributed by atoms with Gasteiger partial charge in [-0.3, -0.25) is 4.79 Å². The highest BCUT2D eigenvalue weighted by Crippen LogP contribution is 2.17. The van der Waals surface area contributed by atoms with Crippen molar-refractivity contribution in [1.29, 1.82) is 0 Å². The van der Waals surface area contributed by atoms with Crippen molar-refractivity contribution in [2.45, 2.75) is 13.3 Å². The highest BCUT2D eigenvalue weighted by atomic mass is 127. The molecule has 0 spiro atoms. The van der Waals surface area contributed by atoms with Crippen LogP contribution in [0.1, 0.15) is 23.7 Å². The molecule has 1 rings (SSSR count). The highest BCUT2D eigenvalue weighted by molar-refractivity contribution is 14.1. The van der Waals surface area contributed by atoms with Gasteiger partial charge in [-0.25, -0.2) is 0 Å². The zero-order valence-electron chi connectivity index (χ0n) is 8.81. The van der Waals surface area contributed by atoms with Crippen molar-refractivity contribution in [3.05, 3.63) is 32.4 Å². The molecule has 0 heterocycles. The lowest BCUT2D eigenvalue weighted by atomic mass is 10.2. The normalized spacial score (nSPS) is 9.19. The van der Waals surface area contributed by atoms with Crippen LogP contribution in [0, 0.1) is 15.4 Å². The standard InChI is InChI=1S/C12H11ClINO/c1-2-3-4-7-15-12(16)10-8-9(13)5-6-11(10)14/h5-6,8H,4,7H2,1H3,(H,15,16). The molecule has 0 aliphatic carbocycles. The number of amides is 1. The first-order valence-electron chi connectivity index (χ1n) is 4.78.